The standard InChI is InChI=1S/C11H13ClN2O2S/c12-8-1-2-10(13)9(7-8)11(15)14-3-5-17(16)6-4-14/h1-2,7H,3-6,13H2. The highest BCUT2D eigenvalue weighted by molar-refractivity contribution is 7.85. The van der Waals surface area contributed by atoms with E-state index in [9.17, 15) is 9.00 Å². The van der Waals surface area contributed by atoms with E-state index in [-0.39, 0.29) is 5.91 Å². The van der Waals surface area contributed by atoms with Crippen molar-refractivity contribution in [3.8, 4) is 0 Å². The molecule has 1 aromatic rings. The summed E-state index contributed by atoms with van der Waals surface area (Å²) in [6.45, 7) is 1.02. The van der Waals surface area contributed by atoms with E-state index in [2.05, 4.69) is 0 Å². The van der Waals surface area contributed by atoms with Gasteiger partial charge < -0.3 is 10.6 Å². The summed E-state index contributed by atoms with van der Waals surface area (Å²) in [6, 6.07) is 4.85. The first-order chi connectivity index (χ1) is 8.08. The zero-order valence-corrected chi connectivity index (χ0v) is 10.8. The fourth-order valence-corrected chi connectivity index (χ4v) is 2.95. The lowest BCUT2D eigenvalue weighted by Crippen LogP contribution is -2.42. The average molecular weight is 273 g/mol. The van der Waals surface area contributed by atoms with Crippen LogP contribution in [0.25, 0.3) is 0 Å². The maximum Gasteiger partial charge on any atom is 0.256 e. The van der Waals surface area contributed by atoms with Gasteiger partial charge in [-0.05, 0) is 18.2 Å². The number of benzene rings is 1. The van der Waals surface area contributed by atoms with E-state index in [0.29, 0.717) is 40.9 Å². The molecule has 0 spiro atoms. The van der Waals surface area contributed by atoms with Crippen LogP contribution in [0.4, 0.5) is 5.69 Å². The molecule has 0 radical (unpaired) electrons. The Hall–Kier alpha value is -1.07. The van der Waals surface area contributed by atoms with Crippen molar-refractivity contribution in [1.82, 2.24) is 4.90 Å². The zero-order chi connectivity index (χ0) is 12.4. The van der Waals surface area contributed by atoms with E-state index in [1.807, 2.05) is 0 Å². The number of anilines is 1. The van der Waals surface area contributed by atoms with Crippen LogP contribution in [0, 0.1) is 0 Å². The normalized spacial score (nSPS) is 17.1. The van der Waals surface area contributed by atoms with Crippen LogP contribution in [0.2, 0.25) is 5.02 Å². The first-order valence-corrected chi connectivity index (χ1v) is 7.14. The van der Waals surface area contributed by atoms with Crippen LogP contribution in [0.15, 0.2) is 18.2 Å². The summed E-state index contributed by atoms with van der Waals surface area (Å²) >= 11 is 5.85. The first-order valence-electron chi connectivity index (χ1n) is 5.27. The third-order valence-electron chi connectivity index (χ3n) is 2.71. The molecule has 1 fully saturated rings. The molecule has 4 nitrogen and oxygen atoms in total. The number of rotatable bonds is 1. The third-order valence-corrected chi connectivity index (χ3v) is 4.22. The summed E-state index contributed by atoms with van der Waals surface area (Å²) in [6.07, 6.45) is 0. The van der Waals surface area contributed by atoms with Crippen molar-refractivity contribution < 1.29 is 9.00 Å². The van der Waals surface area contributed by atoms with Crippen molar-refractivity contribution >= 4 is 34.0 Å². The third kappa shape index (κ3) is 2.79. The van der Waals surface area contributed by atoms with E-state index in [4.69, 9.17) is 17.3 Å². The van der Waals surface area contributed by atoms with E-state index in [0.717, 1.165) is 0 Å². The molecule has 2 N–H and O–H groups in total. The minimum Gasteiger partial charge on any atom is -0.398 e. The van der Waals surface area contributed by atoms with Gasteiger partial charge in [-0.1, -0.05) is 11.6 Å². The van der Waals surface area contributed by atoms with Crippen LogP contribution >= 0.6 is 11.6 Å². The molecule has 2 rings (SSSR count). The van der Waals surface area contributed by atoms with Gasteiger partial charge in [0.15, 0.2) is 0 Å². The molecule has 0 unspecified atom stereocenters. The van der Waals surface area contributed by atoms with Gasteiger partial charge in [-0.15, -0.1) is 0 Å². The van der Waals surface area contributed by atoms with Gasteiger partial charge in [0, 0.05) is 46.1 Å². The van der Waals surface area contributed by atoms with Gasteiger partial charge in [-0.3, -0.25) is 9.00 Å². The Labute approximate surface area is 107 Å². The largest absolute Gasteiger partial charge is 0.398 e. The first kappa shape index (κ1) is 12.4. The summed E-state index contributed by atoms with van der Waals surface area (Å²) in [4.78, 5) is 13.8. The smallest absolute Gasteiger partial charge is 0.256 e. The molecule has 17 heavy (non-hydrogen) atoms. The van der Waals surface area contributed by atoms with Crippen molar-refractivity contribution in [2.75, 3.05) is 30.3 Å². The molecule has 0 saturated carbocycles. The molecule has 1 amide bonds. The number of nitrogens with zero attached hydrogens (tertiary/aromatic N) is 1. The number of hydrogen-bond acceptors (Lipinski definition) is 3. The minimum atomic E-state index is -0.795. The lowest BCUT2D eigenvalue weighted by molar-refractivity contribution is 0.0772. The highest BCUT2D eigenvalue weighted by Crippen LogP contribution is 2.20. The monoisotopic (exact) mass is 272 g/mol. The number of halogens is 1. The predicted octanol–water partition coefficient (Wildman–Crippen LogP) is 1.13. The van der Waals surface area contributed by atoms with Crippen LogP contribution in [0.5, 0.6) is 0 Å². The van der Waals surface area contributed by atoms with Crippen molar-refractivity contribution in [2.45, 2.75) is 0 Å². The van der Waals surface area contributed by atoms with E-state index < -0.39 is 10.8 Å². The molecule has 0 atom stereocenters. The summed E-state index contributed by atoms with van der Waals surface area (Å²) < 4.78 is 11.2. The summed E-state index contributed by atoms with van der Waals surface area (Å²) in [5.41, 5.74) is 6.60. The highest BCUT2D eigenvalue weighted by atomic mass is 35.5. The van der Waals surface area contributed by atoms with Gasteiger partial charge in [-0.2, -0.15) is 0 Å². The number of carbonyl (C=O) groups excluding carboxylic acids is 1. The highest BCUT2D eigenvalue weighted by Gasteiger charge is 2.22. The fraction of sp³-hybridized carbons (Fsp3) is 0.364. The molecule has 1 heterocycles. The number of carbonyl (C=O) groups is 1. The van der Waals surface area contributed by atoms with Crippen molar-refractivity contribution in [2.24, 2.45) is 0 Å². The van der Waals surface area contributed by atoms with E-state index in [1.54, 1.807) is 23.1 Å². The molecule has 1 saturated heterocycles. The summed E-state index contributed by atoms with van der Waals surface area (Å²) in [5.74, 6) is 0.931. The summed E-state index contributed by atoms with van der Waals surface area (Å²) in [7, 11) is -0.795. The van der Waals surface area contributed by atoms with Gasteiger partial charge in [0.1, 0.15) is 0 Å². The minimum absolute atomic E-state index is 0.137. The molecule has 0 aromatic heterocycles. The van der Waals surface area contributed by atoms with Crippen molar-refractivity contribution in [3.05, 3.63) is 28.8 Å². The molecule has 0 aliphatic carbocycles. The Morgan fingerprint density at radius 2 is 2.00 bits per heavy atom. The Bertz CT molecular complexity index is 469. The number of hydrogen-bond donors (Lipinski definition) is 1. The maximum absolute atomic E-state index is 12.2. The molecule has 92 valence electrons. The SMILES string of the molecule is Nc1ccc(Cl)cc1C(=O)N1CCS(=O)CC1. The van der Waals surface area contributed by atoms with Crippen LogP contribution in [-0.4, -0.2) is 39.6 Å². The van der Waals surface area contributed by atoms with E-state index in [1.165, 1.54) is 0 Å². The lowest BCUT2D eigenvalue weighted by Gasteiger charge is -2.26. The Morgan fingerprint density at radius 3 is 2.65 bits per heavy atom. The maximum atomic E-state index is 12.2. The average Bonchev–Trinajstić information content (AvgIpc) is 2.32. The lowest BCUT2D eigenvalue weighted by atomic mass is 10.1. The van der Waals surface area contributed by atoms with Gasteiger partial charge in [0.25, 0.3) is 5.91 Å². The molecule has 0 bridgehead atoms. The van der Waals surface area contributed by atoms with Gasteiger partial charge in [0.05, 0.1) is 5.56 Å². The Morgan fingerprint density at radius 1 is 1.35 bits per heavy atom. The Balaban J connectivity index is 2.19. The second kappa shape index (κ2) is 5.06. The van der Waals surface area contributed by atoms with Gasteiger partial charge in [0.2, 0.25) is 0 Å². The zero-order valence-electron chi connectivity index (χ0n) is 9.19. The van der Waals surface area contributed by atoms with Crippen LogP contribution in [0.1, 0.15) is 10.4 Å². The molecule has 1 aliphatic rings. The summed E-state index contributed by atoms with van der Waals surface area (Å²) in [5, 5.41) is 0.489. The second-order valence-electron chi connectivity index (χ2n) is 3.87. The van der Waals surface area contributed by atoms with Crippen molar-refractivity contribution in [1.29, 1.82) is 0 Å². The number of nitrogens with two attached hydrogens (primary N) is 1. The predicted molar refractivity (Wildman–Crippen MR) is 69.6 cm³/mol. The van der Waals surface area contributed by atoms with Gasteiger partial charge in [-0.25, -0.2) is 0 Å². The van der Waals surface area contributed by atoms with Crippen molar-refractivity contribution in [3.63, 3.8) is 0 Å². The number of amides is 1. The van der Waals surface area contributed by atoms with Crippen LogP contribution in [-0.2, 0) is 10.8 Å². The molecule has 6 heteroatoms. The van der Waals surface area contributed by atoms with Gasteiger partial charge >= 0.3 is 0 Å². The van der Waals surface area contributed by atoms with E-state index >= 15 is 0 Å². The second-order valence-corrected chi connectivity index (χ2v) is 6.00. The van der Waals surface area contributed by atoms with Crippen LogP contribution < -0.4 is 5.73 Å². The molecular formula is C11H13ClN2O2S. The fourth-order valence-electron chi connectivity index (χ4n) is 1.73. The Kier molecular flexibility index (Phi) is 3.69. The molecule has 1 aliphatic heterocycles. The number of nitrogen functional groups attached to an aromatic ring is 1. The van der Waals surface area contributed by atoms with Crippen LogP contribution in [0.3, 0.4) is 0 Å². The topological polar surface area (TPSA) is 63.4 Å². The molecular weight excluding hydrogens is 260 g/mol. The quantitative estimate of drug-likeness (QED) is 0.780. The molecule has 1 aromatic carbocycles.